The van der Waals surface area contributed by atoms with Gasteiger partial charge in [0.25, 0.3) is 5.92 Å². The SMILES string of the molecule is CC(=O)Nc1ccc([C@@H](N2CCNCC2)C(F)(F)CO)cc1.Cl. The molecule has 5 nitrogen and oxygen atoms in total. The minimum Gasteiger partial charge on any atom is -0.390 e. The van der Waals surface area contributed by atoms with E-state index >= 15 is 0 Å². The molecule has 1 saturated heterocycles. The minimum absolute atomic E-state index is 0. The summed E-state index contributed by atoms with van der Waals surface area (Å²) in [4.78, 5) is 12.7. The van der Waals surface area contributed by atoms with Crippen LogP contribution in [0.1, 0.15) is 18.5 Å². The Morgan fingerprint density at radius 1 is 1.35 bits per heavy atom. The van der Waals surface area contributed by atoms with Gasteiger partial charge in [0.05, 0.1) is 0 Å². The quantitative estimate of drug-likeness (QED) is 0.756. The number of aliphatic hydroxyl groups is 1. The van der Waals surface area contributed by atoms with E-state index in [0.29, 0.717) is 37.4 Å². The van der Waals surface area contributed by atoms with Crippen LogP contribution in [-0.2, 0) is 4.79 Å². The number of carbonyl (C=O) groups is 1. The van der Waals surface area contributed by atoms with E-state index in [9.17, 15) is 13.6 Å². The van der Waals surface area contributed by atoms with Gasteiger partial charge in [-0.15, -0.1) is 12.4 Å². The molecule has 1 aliphatic rings. The fraction of sp³-hybridized carbons (Fsp3) is 0.533. The fourth-order valence-electron chi connectivity index (χ4n) is 2.70. The van der Waals surface area contributed by atoms with Gasteiger partial charge in [0.1, 0.15) is 12.6 Å². The zero-order valence-electron chi connectivity index (χ0n) is 12.9. The molecule has 0 saturated carbocycles. The first kappa shape index (κ1) is 19.8. The number of nitrogens with zero attached hydrogens (tertiary/aromatic N) is 1. The molecule has 0 spiro atoms. The highest BCUT2D eigenvalue weighted by Crippen LogP contribution is 2.36. The number of piperazine rings is 1. The Morgan fingerprint density at radius 3 is 2.39 bits per heavy atom. The molecule has 1 aliphatic heterocycles. The van der Waals surface area contributed by atoms with E-state index in [0.717, 1.165) is 0 Å². The van der Waals surface area contributed by atoms with Crippen LogP contribution in [-0.4, -0.2) is 54.6 Å². The van der Waals surface area contributed by atoms with Crippen molar-refractivity contribution < 1.29 is 18.7 Å². The molecule has 8 heteroatoms. The Labute approximate surface area is 140 Å². The normalized spacial score (nSPS) is 17.2. The van der Waals surface area contributed by atoms with Crippen LogP contribution in [0.2, 0.25) is 0 Å². The molecule has 1 aromatic carbocycles. The summed E-state index contributed by atoms with van der Waals surface area (Å²) in [6.07, 6.45) is 0. The number of halogens is 3. The summed E-state index contributed by atoms with van der Waals surface area (Å²) in [7, 11) is 0. The summed E-state index contributed by atoms with van der Waals surface area (Å²) in [6, 6.07) is 5.16. The molecule has 1 amide bonds. The average molecular weight is 350 g/mol. The molecular formula is C15H22ClF2N3O2. The van der Waals surface area contributed by atoms with Crippen molar-refractivity contribution in [3.05, 3.63) is 29.8 Å². The molecule has 1 heterocycles. The summed E-state index contributed by atoms with van der Waals surface area (Å²) < 4.78 is 28.4. The molecule has 130 valence electrons. The highest BCUT2D eigenvalue weighted by Gasteiger charge is 2.43. The number of hydrogen-bond donors (Lipinski definition) is 3. The van der Waals surface area contributed by atoms with Gasteiger partial charge in [-0.1, -0.05) is 12.1 Å². The van der Waals surface area contributed by atoms with Crippen LogP contribution in [0.4, 0.5) is 14.5 Å². The van der Waals surface area contributed by atoms with Crippen LogP contribution in [0.3, 0.4) is 0 Å². The van der Waals surface area contributed by atoms with E-state index in [-0.39, 0.29) is 18.3 Å². The lowest BCUT2D eigenvalue weighted by atomic mass is 9.98. The molecule has 1 fully saturated rings. The second kappa shape index (κ2) is 8.54. The summed E-state index contributed by atoms with van der Waals surface area (Å²) in [5.74, 6) is -3.44. The molecule has 0 aliphatic carbocycles. The smallest absolute Gasteiger partial charge is 0.289 e. The summed E-state index contributed by atoms with van der Waals surface area (Å²) in [5, 5.41) is 14.8. The van der Waals surface area contributed by atoms with Gasteiger partial charge in [0, 0.05) is 38.8 Å². The maximum absolute atomic E-state index is 14.2. The standard InChI is InChI=1S/C15H21F2N3O2.ClH/c1-11(22)19-13-4-2-12(3-5-13)14(15(16,17)10-21)20-8-6-18-7-9-20;/h2-5,14,18,21H,6-10H2,1H3,(H,19,22);1H/t14-;/m1./s1. The predicted octanol–water partition coefficient (Wildman–Crippen LogP) is 1.64. The predicted molar refractivity (Wildman–Crippen MR) is 87.2 cm³/mol. The largest absolute Gasteiger partial charge is 0.390 e. The van der Waals surface area contributed by atoms with Crippen molar-refractivity contribution in [1.29, 1.82) is 0 Å². The topological polar surface area (TPSA) is 64.6 Å². The van der Waals surface area contributed by atoms with Crippen LogP contribution < -0.4 is 10.6 Å². The lowest BCUT2D eigenvalue weighted by Crippen LogP contribution is -2.51. The van der Waals surface area contributed by atoms with Crippen LogP contribution in [0.25, 0.3) is 0 Å². The highest BCUT2D eigenvalue weighted by molar-refractivity contribution is 5.88. The van der Waals surface area contributed by atoms with Crippen molar-refractivity contribution in [2.45, 2.75) is 18.9 Å². The molecule has 0 aromatic heterocycles. The van der Waals surface area contributed by atoms with Crippen molar-refractivity contribution in [3.63, 3.8) is 0 Å². The molecule has 1 atom stereocenters. The van der Waals surface area contributed by atoms with E-state index in [1.807, 2.05) is 0 Å². The second-order valence-electron chi connectivity index (χ2n) is 5.41. The number of aliphatic hydroxyl groups excluding tert-OH is 1. The van der Waals surface area contributed by atoms with E-state index in [2.05, 4.69) is 10.6 Å². The number of amides is 1. The van der Waals surface area contributed by atoms with Gasteiger partial charge in [-0.3, -0.25) is 9.69 Å². The third kappa shape index (κ3) is 5.10. The summed E-state index contributed by atoms with van der Waals surface area (Å²) >= 11 is 0. The molecule has 0 bridgehead atoms. The number of carbonyl (C=O) groups excluding carboxylic acids is 1. The third-order valence-electron chi connectivity index (χ3n) is 3.67. The van der Waals surface area contributed by atoms with E-state index in [1.54, 1.807) is 29.2 Å². The molecular weight excluding hydrogens is 328 g/mol. The number of nitrogens with one attached hydrogen (secondary N) is 2. The zero-order chi connectivity index (χ0) is 16.2. The number of benzene rings is 1. The van der Waals surface area contributed by atoms with Gasteiger partial charge in [-0.25, -0.2) is 8.78 Å². The van der Waals surface area contributed by atoms with Gasteiger partial charge in [0.15, 0.2) is 0 Å². The first-order chi connectivity index (χ1) is 10.4. The Hall–Kier alpha value is -1.28. The zero-order valence-corrected chi connectivity index (χ0v) is 13.7. The lowest BCUT2D eigenvalue weighted by Gasteiger charge is -2.38. The molecule has 0 unspecified atom stereocenters. The van der Waals surface area contributed by atoms with Gasteiger partial charge in [-0.2, -0.15) is 0 Å². The van der Waals surface area contributed by atoms with Gasteiger partial charge < -0.3 is 15.7 Å². The van der Waals surface area contributed by atoms with Crippen LogP contribution in [0, 0.1) is 0 Å². The van der Waals surface area contributed by atoms with Crippen molar-refractivity contribution in [2.75, 3.05) is 38.1 Å². The van der Waals surface area contributed by atoms with Crippen molar-refractivity contribution in [3.8, 4) is 0 Å². The van der Waals surface area contributed by atoms with Crippen molar-refractivity contribution >= 4 is 24.0 Å². The monoisotopic (exact) mass is 349 g/mol. The van der Waals surface area contributed by atoms with Crippen molar-refractivity contribution in [2.24, 2.45) is 0 Å². The Morgan fingerprint density at radius 2 is 1.91 bits per heavy atom. The Balaban J connectivity index is 0.00000264. The average Bonchev–Trinajstić information content (AvgIpc) is 2.49. The van der Waals surface area contributed by atoms with Gasteiger partial charge in [-0.05, 0) is 17.7 Å². The minimum atomic E-state index is -3.23. The Bertz CT molecular complexity index is 508. The first-order valence-corrected chi connectivity index (χ1v) is 7.25. The molecule has 23 heavy (non-hydrogen) atoms. The molecule has 2 rings (SSSR count). The fourth-order valence-corrected chi connectivity index (χ4v) is 2.70. The molecule has 0 radical (unpaired) electrons. The Kier molecular flexibility index (Phi) is 7.34. The first-order valence-electron chi connectivity index (χ1n) is 7.25. The number of alkyl halides is 2. The maximum atomic E-state index is 14.2. The number of hydrogen-bond acceptors (Lipinski definition) is 4. The summed E-state index contributed by atoms with van der Waals surface area (Å²) in [6.45, 7) is 2.46. The van der Waals surface area contributed by atoms with E-state index in [4.69, 9.17) is 5.11 Å². The number of rotatable bonds is 5. The summed E-state index contributed by atoms with van der Waals surface area (Å²) in [5.41, 5.74) is 0.984. The third-order valence-corrected chi connectivity index (χ3v) is 3.67. The maximum Gasteiger partial charge on any atom is 0.289 e. The van der Waals surface area contributed by atoms with E-state index in [1.165, 1.54) is 6.92 Å². The molecule has 3 N–H and O–H groups in total. The van der Waals surface area contributed by atoms with Crippen LogP contribution in [0.5, 0.6) is 0 Å². The van der Waals surface area contributed by atoms with Crippen LogP contribution in [0.15, 0.2) is 24.3 Å². The van der Waals surface area contributed by atoms with Gasteiger partial charge >= 0.3 is 0 Å². The van der Waals surface area contributed by atoms with Crippen molar-refractivity contribution in [1.82, 2.24) is 10.2 Å². The lowest BCUT2D eigenvalue weighted by molar-refractivity contribution is -0.118. The van der Waals surface area contributed by atoms with Gasteiger partial charge in [0.2, 0.25) is 5.91 Å². The van der Waals surface area contributed by atoms with E-state index < -0.39 is 18.6 Å². The second-order valence-corrected chi connectivity index (χ2v) is 5.41. The number of anilines is 1. The van der Waals surface area contributed by atoms with Crippen LogP contribution >= 0.6 is 12.4 Å². The highest BCUT2D eigenvalue weighted by atomic mass is 35.5. The molecule has 1 aromatic rings.